The molecule has 88 valence electrons. The van der Waals surface area contributed by atoms with Crippen LogP contribution in [0.4, 0.5) is 4.39 Å². The molecule has 0 fully saturated rings. The number of aliphatic hydroxyl groups excluding tert-OH is 1. The van der Waals surface area contributed by atoms with E-state index in [0.717, 1.165) is 6.42 Å². The maximum atomic E-state index is 13.0. The van der Waals surface area contributed by atoms with E-state index < -0.39 is 6.10 Å². The van der Waals surface area contributed by atoms with Crippen molar-refractivity contribution in [3.8, 4) is 5.75 Å². The van der Waals surface area contributed by atoms with Crippen LogP contribution in [0.3, 0.4) is 0 Å². The van der Waals surface area contributed by atoms with Crippen molar-refractivity contribution in [2.24, 2.45) is 0 Å². The van der Waals surface area contributed by atoms with Gasteiger partial charge in [-0.05, 0) is 36.6 Å². The van der Waals surface area contributed by atoms with Gasteiger partial charge in [-0.25, -0.2) is 4.39 Å². The summed E-state index contributed by atoms with van der Waals surface area (Å²) < 4.78 is 18.1. The maximum Gasteiger partial charge on any atom is 0.123 e. The van der Waals surface area contributed by atoms with Crippen LogP contribution in [0.5, 0.6) is 5.75 Å². The highest BCUT2D eigenvalue weighted by molar-refractivity contribution is 5.34. The summed E-state index contributed by atoms with van der Waals surface area (Å²) in [5.74, 6) is 0.297. The Labute approximate surface area is 95.4 Å². The van der Waals surface area contributed by atoms with Crippen LogP contribution in [0.25, 0.3) is 0 Å². The van der Waals surface area contributed by atoms with Gasteiger partial charge in [-0.2, -0.15) is 0 Å². The van der Waals surface area contributed by atoms with Gasteiger partial charge >= 0.3 is 0 Å². The Morgan fingerprint density at radius 3 is 2.94 bits per heavy atom. The quantitative estimate of drug-likeness (QED) is 0.753. The zero-order valence-corrected chi connectivity index (χ0v) is 9.45. The van der Waals surface area contributed by atoms with E-state index in [4.69, 9.17) is 4.74 Å². The number of aliphatic hydroxyl groups is 1. The summed E-state index contributed by atoms with van der Waals surface area (Å²) in [6.45, 7) is 3.59. The summed E-state index contributed by atoms with van der Waals surface area (Å²) in [7, 11) is 1.53. The van der Waals surface area contributed by atoms with Crippen LogP contribution >= 0.6 is 0 Å². The molecule has 1 N–H and O–H groups in total. The lowest BCUT2D eigenvalue weighted by atomic mass is 10.0. The van der Waals surface area contributed by atoms with Crippen molar-refractivity contribution >= 4 is 0 Å². The Kier molecular flexibility index (Phi) is 4.99. The number of methoxy groups -OCH3 is 1. The van der Waals surface area contributed by atoms with Crippen LogP contribution in [-0.4, -0.2) is 18.3 Å². The Morgan fingerprint density at radius 1 is 1.56 bits per heavy atom. The standard InChI is InChI=1S/C13H17FO2/c1-3-4-5-12(15)9-10-8-11(14)6-7-13(10)16-2/h3,6-8,12,15H,1,4-5,9H2,2H3. The first-order valence-electron chi connectivity index (χ1n) is 5.28. The van der Waals surface area contributed by atoms with Gasteiger partial charge in [-0.15, -0.1) is 6.58 Å². The highest BCUT2D eigenvalue weighted by Crippen LogP contribution is 2.21. The summed E-state index contributed by atoms with van der Waals surface area (Å²) in [5.41, 5.74) is 0.694. The van der Waals surface area contributed by atoms with Gasteiger partial charge in [-0.3, -0.25) is 0 Å². The molecule has 1 aromatic carbocycles. The van der Waals surface area contributed by atoms with Crippen molar-refractivity contribution in [2.45, 2.75) is 25.4 Å². The van der Waals surface area contributed by atoms with Gasteiger partial charge in [0, 0.05) is 6.42 Å². The predicted octanol–water partition coefficient (Wildman–Crippen LogP) is 2.70. The topological polar surface area (TPSA) is 29.5 Å². The van der Waals surface area contributed by atoms with E-state index >= 15 is 0 Å². The van der Waals surface area contributed by atoms with E-state index in [1.165, 1.54) is 19.2 Å². The largest absolute Gasteiger partial charge is 0.496 e. The highest BCUT2D eigenvalue weighted by atomic mass is 19.1. The minimum absolute atomic E-state index is 0.313. The number of hydrogen-bond donors (Lipinski definition) is 1. The average molecular weight is 224 g/mol. The molecule has 1 aromatic rings. The molecule has 0 spiro atoms. The summed E-state index contributed by atoms with van der Waals surface area (Å²) >= 11 is 0. The number of rotatable bonds is 6. The van der Waals surface area contributed by atoms with Gasteiger partial charge in [0.25, 0.3) is 0 Å². The van der Waals surface area contributed by atoms with Crippen LogP contribution in [0, 0.1) is 5.82 Å². The molecule has 0 saturated carbocycles. The van der Waals surface area contributed by atoms with Crippen molar-refractivity contribution < 1.29 is 14.2 Å². The SMILES string of the molecule is C=CCCC(O)Cc1cc(F)ccc1OC. The number of benzene rings is 1. The van der Waals surface area contributed by atoms with Gasteiger partial charge in [0.05, 0.1) is 13.2 Å². The zero-order chi connectivity index (χ0) is 12.0. The molecule has 3 heteroatoms. The van der Waals surface area contributed by atoms with Crippen molar-refractivity contribution in [3.63, 3.8) is 0 Å². The van der Waals surface area contributed by atoms with Crippen LogP contribution in [0.1, 0.15) is 18.4 Å². The molecular weight excluding hydrogens is 207 g/mol. The lowest BCUT2D eigenvalue weighted by Gasteiger charge is -2.12. The van der Waals surface area contributed by atoms with Gasteiger partial charge in [0.1, 0.15) is 11.6 Å². The van der Waals surface area contributed by atoms with Crippen LogP contribution in [0.2, 0.25) is 0 Å². The number of halogens is 1. The van der Waals surface area contributed by atoms with Gasteiger partial charge in [0.2, 0.25) is 0 Å². The summed E-state index contributed by atoms with van der Waals surface area (Å²) in [6, 6.07) is 4.32. The van der Waals surface area contributed by atoms with E-state index in [2.05, 4.69) is 6.58 Å². The highest BCUT2D eigenvalue weighted by Gasteiger charge is 2.10. The monoisotopic (exact) mass is 224 g/mol. The van der Waals surface area contributed by atoms with Gasteiger partial charge in [-0.1, -0.05) is 6.08 Å². The Bertz CT molecular complexity index is 350. The van der Waals surface area contributed by atoms with Crippen LogP contribution in [-0.2, 0) is 6.42 Å². The average Bonchev–Trinajstić information content (AvgIpc) is 2.27. The fraction of sp³-hybridized carbons (Fsp3) is 0.385. The maximum absolute atomic E-state index is 13.0. The second-order valence-electron chi connectivity index (χ2n) is 3.68. The normalized spacial score (nSPS) is 12.2. The molecule has 0 amide bonds. The van der Waals surface area contributed by atoms with Crippen molar-refractivity contribution in [3.05, 3.63) is 42.2 Å². The van der Waals surface area contributed by atoms with E-state index in [1.54, 1.807) is 12.1 Å². The van der Waals surface area contributed by atoms with Gasteiger partial charge in [0.15, 0.2) is 0 Å². The summed E-state index contributed by atoms with van der Waals surface area (Å²) in [6.07, 6.45) is 3.04. The third kappa shape index (κ3) is 3.66. The Hall–Kier alpha value is -1.35. The Morgan fingerprint density at radius 2 is 2.31 bits per heavy atom. The van der Waals surface area contributed by atoms with Crippen molar-refractivity contribution in [1.29, 1.82) is 0 Å². The fourth-order valence-electron chi connectivity index (χ4n) is 1.57. The number of allylic oxidation sites excluding steroid dienone is 1. The van der Waals surface area contributed by atoms with Gasteiger partial charge < -0.3 is 9.84 Å². The van der Waals surface area contributed by atoms with Crippen molar-refractivity contribution in [1.82, 2.24) is 0 Å². The molecule has 2 nitrogen and oxygen atoms in total. The molecule has 1 rings (SSSR count). The van der Waals surface area contributed by atoms with Crippen LogP contribution in [0.15, 0.2) is 30.9 Å². The molecule has 0 aromatic heterocycles. The molecule has 0 aliphatic carbocycles. The number of hydrogen-bond acceptors (Lipinski definition) is 2. The molecule has 1 unspecified atom stereocenters. The van der Waals surface area contributed by atoms with E-state index in [1.807, 2.05) is 0 Å². The third-order valence-corrected chi connectivity index (χ3v) is 2.40. The fourth-order valence-corrected chi connectivity index (χ4v) is 1.57. The van der Waals surface area contributed by atoms with Crippen molar-refractivity contribution in [2.75, 3.05) is 7.11 Å². The number of ether oxygens (including phenoxy) is 1. The second-order valence-corrected chi connectivity index (χ2v) is 3.68. The predicted molar refractivity (Wildman–Crippen MR) is 62.1 cm³/mol. The lowest BCUT2D eigenvalue weighted by Crippen LogP contribution is -2.11. The molecule has 0 bridgehead atoms. The third-order valence-electron chi connectivity index (χ3n) is 2.40. The molecule has 1 atom stereocenters. The first-order valence-corrected chi connectivity index (χ1v) is 5.28. The molecule has 16 heavy (non-hydrogen) atoms. The molecule has 0 aliphatic rings. The molecule has 0 aliphatic heterocycles. The Balaban J connectivity index is 2.70. The van der Waals surface area contributed by atoms with E-state index in [-0.39, 0.29) is 5.82 Å². The zero-order valence-electron chi connectivity index (χ0n) is 9.45. The molecule has 0 saturated heterocycles. The second kappa shape index (κ2) is 6.28. The smallest absolute Gasteiger partial charge is 0.123 e. The molecule has 0 radical (unpaired) electrons. The summed E-state index contributed by atoms with van der Waals surface area (Å²) in [4.78, 5) is 0. The summed E-state index contributed by atoms with van der Waals surface area (Å²) in [5, 5.41) is 9.72. The lowest BCUT2D eigenvalue weighted by molar-refractivity contribution is 0.165. The first kappa shape index (κ1) is 12.7. The van der Waals surface area contributed by atoms with E-state index in [0.29, 0.717) is 24.2 Å². The minimum Gasteiger partial charge on any atom is -0.496 e. The molecular formula is C13H17FO2. The van der Waals surface area contributed by atoms with Crippen LogP contribution < -0.4 is 4.74 Å². The molecule has 0 heterocycles. The minimum atomic E-state index is -0.492. The first-order chi connectivity index (χ1) is 7.67. The van der Waals surface area contributed by atoms with E-state index in [9.17, 15) is 9.50 Å².